The highest BCUT2D eigenvalue weighted by Crippen LogP contribution is 2.18. The van der Waals surface area contributed by atoms with E-state index in [1.807, 2.05) is 0 Å². The van der Waals surface area contributed by atoms with Gasteiger partial charge in [-0.2, -0.15) is 0 Å². The van der Waals surface area contributed by atoms with Crippen molar-refractivity contribution in [3.63, 3.8) is 0 Å². The van der Waals surface area contributed by atoms with E-state index in [1.165, 1.54) is 244 Å². The van der Waals surface area contributed by atoms with Crippen LogP contribution in [0.4, 0.5) is 0 Å². The van der Waals surface area contributed by atoms with Gasteiger partial charge in [-0.1, -0.05) is 283 Å². The van der Waals surface area contributed by atoms with Crippen LogP contribution in [0.2, 0.25) is 0 Å². The Balaban J connectivity index is 3.46. The fourth-order valence-corrected chi connectivity index (χ4v) is 9.46. The molecule has 0 spiro atoms. The Bertz CT molecular complexity index is 986. The van der Waals surface area contributed by atoms with E-state index in [0.717, 1.165) is 57.8 Å². The number of ether oxygens (including phenoxy) is 1. The summed E-state index contributed by atoms with van der Waals surface area (Å²) in [7, 11) is 0. The fraction of sp³-hybridized carbons (Fsp3) is 0.933. The molecular weight excluding hydrogens is 815 g/mol. The van der Waals surface area contributed by atoms with Gasteiger partial charge < -0.3 is 20.3 Å². The van der Waals surface area contributed by atoms with E-state index in [2.05, 4.69) is 31.3 Å². The summed E-state index contributed by atoms with van der Waals surface area (Å²) in [5, 5.41) is 23.3. The molecule has 66 heavy (non-hydrogen) atoms. The fourth-order valence-electron chi connectivity index (χ4n) is 9.46. The monoisotopic (exact) mass is 932 g/mol. The zero-order valence-electron chi connectivity index (χ0n) is 44.7. The third-order valence-corrected chi connectivity index (χ3v) is 14.1. The van der Waals surface area contributed by atoms with Crippen LogP contribution in [-0.4, -0.2) is 47.4 Å². The van der Waals surface area contributed by atoms with Crippen molar-refractivity contribution in [2.45, 2.75) is 347 Å². The molecule has 0 aliphatic rings. The van der Waals surface area contributed by atoms with Gasteiger partial charge in [0.25, 0.3) is 0 Å². The van der Waals surface area contributed by atoms with Crippen molar-refractivity contribution in [1.29, 1.82) is 0 Å². The van der Waals surface area contributed by atoms with Gasteiger partial charge >= 0.3 is 5.97 Å². The van der Waals surface area contributed by atoms with Gasteiger partial charge in [-0.3, -0.25) is 9.59 Å². The Morgan fingerprint density at radius 1 is 0.409 bits per heavy atom. The van der Waals surface area contributed by atoms with Crippen LogP contribution < -0.4 is 5.32 Å². The molecule has 1 amide bonds. The zero-order valence-corrected chi connectivity index (χ0v) is 44.7. The van der Waals surface area contributed by atoms with Crippen molar-refractivity contribution in [2.75, 3.05) is 13.2 Å². The van der Waals surface area contributed by atoms with Crippen molar-refractivity contribution in [2.24, 2.45) is 0 Å². The van der Waals surface area contributed by atoms with Crippen molar-refractivity contribution >= 4 is 11.9 Å². The number of allylic oxidation sites excluding steroid dienone is 2. The summed E-state index contributed by atoms with van der Waals surface area (Å²) < 4.78 is 5.46. The predicted octanol–water partition coefficient (Wildman–Crippen LogP) is 18.5. The molecule has 2 atom stereocenters. The minimum absolute atomic E-state index is 0.0314. The van der Waals surface area contributed by atoms with Crippen LogP contribution in [0.5, 0.6) is 0 Å². The summed E-state index contributed by atoms with van der Waals surface area (Å²) >= 11 is 0. The topological polar surface area (TPSA) is 95.9 Å². The first-order valence-electron chi connectivity index (χ1n) is 29.9. The maximum absolute atomic E-state index is 12.5. The van der Waals surface area contributed by atoms with Crippen molar-refractivity contribution < 1.29 is 24.5 Å². The third-order valence-electron chi connectivity index (χ3n) is 14.1. The van der Waals surface area contributed by atoms with Gasteiger partial charge in [-0.15, -0.1) is 0 Å². The number of esters is 1. The standard InChI is InChI=1S/C60H117NO5/c1-3-5-7-9-11-13-15-17-19-20-21-22-23-24-25-26-27-28-30-31-33-36-40-44-48-52-58(63)57(56-62)61-59(64)53-49-45-41-37-35-39-43-47-51-55-66-60(65)54-50-46-42-38-34-32-29-18-16-14-12-10-8-6-4-2/h18,29,57-58,62-63H,3-17,19-28,30-56H2,1-2H3,(H,61,64)/b29-18-. The number of aliphatic hydroxyl groups excluding tert-OH is 2. The van der Waals surface area contributed by atoms with E-state index in [0.29, 0.717) is 25.9 Å². The number of unbranched alkanes of at least 4 members (excludes halogenated alkanes) is 43. The number of carbonyl (C=O) groups excluding carboxylic acids is 2. The lowest BCUT2D eigenvalue weighted by Crippen LogP contribution is -2.45. The van der Waals surface area contributed by atoms with Crippen LogP contribution in [0.3, 0.4) is 0 Å². The SMILES string of the molecule is CCCCCCCC/C=C\CCCCCCCC(=O)OCCCCCCCCCCCC(=O)NC(CO)C(O)CCCCCCCCCCCCCCCCCCCCCCCCCCC. The molecule has 0 aliphatic carbocycles. The molecule has 2 unspecified atom stereocenters. The summed E-state index contributed by atoms with van der Waals surface area (Å²) in [6.45, 7) is 4.91. The average molecular weight is 933 g/mol. The number of rotatable bonds is 56. The van der Waals surface area contributed by atoms with Crippen molar-refractivity contribution in [3.8, 4) is 0 Å². The molecule has 0 aromatic carbocycles. The minimum atomic E-state index is -0.683. The van der Waals surface area contributed by atoms with Gasteiger partial charge in [0.1, 0.15) is 0 Å². The second kappa shape index (κ2) is 56.2. The summed E-state index contributed by atoms with van der Waals surface area (Å²) in [6, 6.07) is -0.563. The molecule has 0 saturated carbocycles. The first-order valence-corrected chi connectivity index (χ1v) is 29.9. The Kier molecular flexibility index (Phi) is 55.0. The number of carbonyl (C=O) groups is 2. The van der Waals surface area contributed by atoms with E-state index in [-0.39, 0.29) is 18.5 Å². The molecule has 0 aromatic heterocycles. The van der Waals surface area contributed by atoms with E-state index < -0.39 is 12.1 Å². The van der Waals surface area contributed by atoms with Crippen LogP contribution in [-0.2, 0) is 14.3 Å². The molecule has 0 rings (SSSR count). The Labute approximate surface area is 412 Å². The molecule has 6 heteroatoms. The first kappa shape index (κ1) is 64.6. The molecule has 6 nitrogen and oxygen atoms in total. The quantitative estimate of drug-likeness (QED) is 0.0321. The maximum Gasteiger partial charge on any atom is 0.305 e. The number of hydrogen-bond acceptors (Lipinski definition) is 5. The van der Waals surface area contributed by atoms with Crippen LogP contribution in [0.15, 0.2) is 12.2 Å². The number of aliphatic hydroxyl groups is 2. The second-order valence-corrected chi connectivity index (χ2v) is 20.7. The highest BCUT2D eigenvalue weighted by atomic mass is 16.5. The van der Waals surface area contributed by atoms with Crippen LogP contribution >= 0.6 is 0 Å². The number of hydrogen-bond donors (Lipinski definition) is 3. The zero-order chi connectivity index (χ0) is 47.9. The average Bonchev–Trinajstić information content (AvgIpc) is 3.32. The normalized spacial score (nSPS) is 12.6. The van der Waals surface area contributed by atoms with Gasteiger partial charge in [0.2, 0.25) is 5.91 Å². The Hall–Kier alpha value is -1.40. The van der Waals surface area contributed by atoms with Crippen LogP contribution in [0, 0.1) is 0 Å². The molecule has 0 aliphatic heterocycles. The lowest BCUT2D eigenvalue weighted by Gasteiger charge is -2.22. The second-order valence-electron chi connectivity index (χ2n) is 20.7. The van der Waals surface area contributed by atoms with Gasteiger partial charge in [0, 0.05) is 12.8 Å². The van der Waals surface area contributed by atoms with Crippen LogP contribution in [0.1, 0.15) is 335 Å². The lowest BCUT2D eigenvalue weighted by molar-refractivity contribution is -0.143. The summed E-state index contributed by atoms with van der Waals surface area (Å²) in [5.41, 5.74) is 0. The Morgan fingerprint density at radius 3 is 1.08 bits per heavy atom. The molecule has 0 bridgehead atoms. The smallest absolute Gasteiger partial charge is 0.305 e. The van der Waals surface area contributed by atoms with Gasteiger partial charge in [0.05, 0.1) is 25.4 Å². The van der Waals surface area contributed by atoms with Crippen molar-refractivity contribution in [1.82, 2.24) is 5.32 Å². The molecule has 0 radical (unpaired) electrons. The van der Waals surface area contributed by atoms with Gasteiger partial charge in [-0.05, 0) is 51.4 Å². The molecule has 0 heterocycles. The summed E-state index contributed by atoms with van der Waals surface area (Å²) in [4.78, 5) is 24.6. The lowest BCUT2D eigenvalue weighted by atomic mass is 10.0. The third kappa shape index (κ3) is 52.0. The molecule has 0 aromatic rings. The Morgan fingerprint density at radius 2 is 0.712 bits per heavy atom. The largest absolute Gasteiger partial charge is 0.466 e. The van der Waals surface area contributed by atoms with E-state index >= 15 is 0 Å². The summed E-state index contributed by atoms with van der Waals surface area (Å²) in [5.74, 6) is -0.0903. The van der Waals surface area contributed by atoms with Gasteiger partial charge in [0.15, 0.2) is 0 Å². The highest BCUT2D eigenvalue weighted by molar-refractivity contribution is 5.76. The van der Waals surface area contributed by atoms with E-state index in [1.54, 1.807) is 0 Å². The number of nitrogens with one attached hydrogen (secondary N) is 1. The maximum atomic E-state index is 12.5. The molecular formula is C60H117NO5. The van der Waals surface area contributed by atoms with Gasteiger partial charge in [-0.25, -0.2) is 0 Å². The highest BCUT2D eigenvalue weighted by Gasteiger charge is 2.20. The van der Waals surface area contributed by atoms with Crippen molar-refractivity contribution in [3.05, 3.63) is 12.2 Å². The molecule has 0 fully saturated rings. The molecule has 392 valence electrons. The predicted molar refractivity (Wildman–Crippen MR) is 287 cm³/mol. The minimum Gasteiger partial charge on any atom is -0.466 e. The molecule has 3 N–H and O–H groups in total. The molecule has 0 saturated heterocycles. The summed E-state index contributed by atoms with van der Waals surface area (Å²) in [6.07, 6.45) is 66.4. The van der Waals surface area contributed by atoms with E-state index in [4.69, 9.17) is 4.74 Å². The number of amides is 1. The first-order chi connectivity index (χ1) is 32.5. The van der Waals surface area contributed by atoms with Crippen LogP contribution in [0.25, 0.3) is 0 Å². The van der Waals surface area contributed by atoms with E-state index in [9.17, 15) is 19.8 Å².